The molecule has 3 unspecified atom stereocenters. The lowest BCUT2D eigenvalue weighted by molar-refractivity contribution is -0.140. The van der Waals surface area contributed by atoms with Crippen molar-refractivity contribution in [2.24, 2.45) is 11.8 Å². The van der Waals surface area contributed by atoms with Gasteiger partial charge in [-0.3, -0.25) is 9.59 Å². The molecule has 6 nitrogen and oxygen atoms in total. The molecule has 1 heterocycles. The number of carboxylic acids is 1. The number of amides is 1. The molecule has 0 aliphatic heterocycles. The molecule has 0 spiro atoms. The van der Waals surface area contributed by atoms with Gasteiger partial charge in [-0.05, 0) is 13.3 Å². The number of aliphatic carboxylic acids is 1. The third-order valence-electron chi connectivity index (χ3n) is 3.76. The molecule has 1 aromatic carbocycles. The fourth-order valence-electron chi connectivity index (χ4n) is 2.36. The minimum Gasteiger partial charge on any atom is -0.481 e. The van der Waals surface area contributed by atoms with E-state index < -0.39 is 23.8 Å². The van der Waals surface area contributed by atoms with Crippen LogP contribution < -0.4 is 5.32 Å². The molecule has 0 radical (unpaired) electrons. The summed E-state index contributed by atoms with van der Waals surface area (Å²) in [5.41, 5.74) is 0.910. The zero-order valence-corrected chi connectivity index (χ0v) is 12.0. The van der Waals surface area contributed by atoms with E-state index >= 15 is 0 Å². The molecule has 114 valence electrons. The van der Waals surface area contributed by atoms with E-state index in [2.05, 4.69) is 10.3 Å². The smallest absolute Gasteiger partial charge is 0.307 e. The van der Waals surface area contributed by atoms with Crippen LogP contribution in [-0.2, 0) is 9.59 Å². The van der Waals surface area contributed by atoms with Crippen molar-refractivity contribution in [1.29, 1.82) is 0 Å². The number of nitrogens with zero attached hydrogens (tertiary/aromatic N) is 1. The highest BCUT2D eigenvalue weighted by Crippen LogP contribution is 2.39. The molecule has 1 aromatic heterocycles. The third kappa shape index (κ3) is 2.86. The maximum Gasteiger partial charge on any atom is 0.307 e. The average molecular weight is 300 g/mol. The standard InChI is InChI=1S/C16H16N2O4/c1-9(18-14(19)11-7-12(11)16(20)21)15-17-8-13(22-15)10-5-3-2-4-6-10/h2-6,8-9,11-12H,7H2,1H3,(H,18,19)(H,20,21). The maximum atomic E-state index is 11.9. The molecular weight excluding hydrogens is 284 g/mol. The van der Waals surface area contributed by atoms with Crippen LogP contribution in [-0.4, -0.2) is 22.0 Å². The van der Waals surface area contributed by atoms with Gasteiger partial charge in [0.2, 0.25) is 11.8 Å². The number of benzene rings is 1. The van der Waals surface area contributed by atoms with Gasteiger partial charge < -0.3 is 14.8 Å². The molecule has 0 saturated heterocycles. The summed E-state index contributed by atoms with van der Waals surface area (Å²) in [5.74, 6) is -1.15. The topological polar surface area (TPSA) is 92.4 Å². The Labute approximate surface area is 127 Å². The van der Waals surface area contributed by atoms with Crippen molar-refractivity contribution in [3.63, 3.8) is 0 Å². The van der Waals surface area contributed by atoms with Crippen LogP contribution in [0.25, 0.3) is 11.3 Å². The van der Waals surface area contributed by atoms with Crippen molar-refractivity contribution in [2.75, 3.05) is 0 Å². The van der Waals surface area contributed by atoms with E-state index in [1.165, 1.54) is 0 Å². The van der Waals surface area contributed by atoms with Crippen molar-refractivity contribution in [3.05, 3.63) is 42.4 Å². The first kappa shape index (κ1) is 14.3. The van der Waals surface area contributed by atoms with Crippen LogP contribution in [0.4, 0.5) is 0 Å². The van der Waals surface area contributed by atoms with E-state index in [-0.39, 0.29) is 5.91 Å². The molecule has 1 fully saturated rings. The summed E-state index contributed by atoms with van der Waals surface area (Å²) in [4.78, 5) is 26.9. The number of rotatable bonds is 5. The minimum absolute atomic E-state index is 0.264. The first-order valence-electron chi connectivity index (χ1n) is 7.10. The summed E-state index contributed by atoms with van der Waals surface area (Å²) in [6, 6.07) is 9.15. The van der Waals surface area contributed by atoms with E-state index in [0.717, 1.165) is 5.56 Å². The van der Waals surface area contributed by atoms with Gasteiger partial charge in [0.05, 0.1) is 18.0 Å². The van der Waals surface area contributed by atoms with Gasteiger partial charge in [-0.2, -0.15) is 0 Å². The van der Waals surface area contributed by atoms with Crippen LogP contribution >= 0.6 is 0 Å². The van der Waals surface area contributed by atoms with Gasteiger partial charge in [0.15, 0.2) is 5.76 Å². The second-order valence-corrected chi connectivity index (χ2v) is 5.45. The van der Waals surface area contributed by atoms with Crippen molar-refractivity contribution in [1.82, 2.24) is 10.3 Å². The lowest BCUT2D eigenvalue weighted by atomic mass is 10.2. The SMILES string of the molecule is CC(NC(=O)C1CC1C(=O)O)c1ncc(-c2ccccc2)o1. The Morgan fingerprint density at radius 3 is 2.68 bits per heavy atom. The van der Waals surface area contributed by atoms with E-state index in [1.54, 1.807) is 13.1 Å². The van der Waals surface area contributed by atoms with Crippen LogP contribution in [0.15, 0.2) is 40.9 Å². The second-order valence-electron chi connectivity index (χ2n) is 5.45. The van der Waals surface area contributed by atoms with Crippen LogP contribution in [0, 0.1) is 11.8 Å². The first-order valence-corrected chi connectivity index (χ1v) is 7.10. The predicted octanol–water partition coefficient (Wildman–Crippen LogP) is 2.24. The third-order valence-corrected chi connectivity index (χ3v) is 3.76. The molecule has 0 bridgehead atoms. The largest absolute Gasteiger partial charge is 0.481 e. The number of hydrogen-bond acceptors (Lipinski definition) is 4. The Balaban J connectivity index is 1.64. The summed E-state index contributed by atoms with van der Waals surface area (Å²) in [6.07, 6.45) is 2.01. The quantitative estimate of drug-likeness (QED) is 0.883. The van der Waals surface area contributed by atoms with E-state index in [9.17, 15) is 9.59 Å². The number of aromatic nitrogens is 1. The molecule has 3 rings (SSSR count). The van der Waals surface area contributed by atoms with Gasteiger partial charge in [0, 0.05) is 5.56 Å². The van der Waals surface area contributed by atoms with E-state index in [0.29, 0.717) is 18.1 Å². The van der Waals surface area contributed by atoms with Crippen molar-refractivity contribution >= 4 is 11.9 Å². The molecule has 6 heteroatoms. The maximum absolute atomic E-state index is 11.9. The van der Waals surface area contributed by atoms with Crippen LogP contribution in [0.1, 0.15) is 25.3 Å². The predicted molar refractivity (Wildman–Crippen MR) is 77.7 cm³/mol. The Bertz CT molecular complexity index is 695. The van der Waals surface area contributed by atoms with Crippen LogP contribution in [0.5, 0.6) is 0 Å². The van der Waals surface area contributed by atoms with Crippen LogP contribution in [0.3, 0.4) is 0 Å². The van der Waals surface area contributed by atoms with E-state index in [1.807, 2.05) is 30.3 Å². The minimum atomic E-state index is -0.921. The molecule has 22 heavy (non-hydrogen) atoms. The number of carbonyl (C=O) groups is 2. The molecule has 1 amide bonds. The lowest BCUT2D eigenvalue weighted by Gasteiger charge is -2.09. The van der Waals surface area contributed by atoms with Crippen molar-refractivity contribution < 1.29 is 19.1 Å². The number of hydrogen-bond donors (Lipinski definition) is 2. The summed E-state index contributed by atoms with van der Waals surface area (Å²) in [6.45, 7) is 1.76. The number of nitrogens with one attached hydrogen (secondary N) is 1. The van der Waals surface area contributed by atoms with Gasteiger partial charge in [0.1, 0.15) is 6.04 Å². The molecule has 1 aliphatic rings. The van der Waals surface area contributed by atoms with Gasteiger partial charge >= 0.3 is 5.97 Å². The van der Waals surface area contributed by atoms with Gasteiger partial charge in [-0.25, -0.2) is 4.98 Å². The monoisotopic (exact) mass is 300 g/mol. The average Bonchev–Trinajstić information content (AvgIpc) is 3.18. The Kier molecular flexibility index (Phi) is 3.66. The molecule has 2 N–H and O–H groups in total. The van der Waals surface area contributed by atoms with Crippen LogP contribution in [0.2, 0.25) is 0 Å². The molecular formula is C16H16N2O4. The summed E-state index contributed by atoms with van der Waals surface area (Å²) in [5, 5.41) is 11.6. The number of carbonyl (C=O) groups excluding carboxylic acids is 1. The summed E-state index contributed by atoms with van der Waals surface area (Å²) < 4.78 is 5.66. The highest BCUT2D eigenvalue weighted by Gasteiger charge is 2.48. The fourth-order valence-corrected chi connectivity index (χ4v) is 2.36. The summed E-state index contributed by atoms with van der Waals surface area (Å²) in [7, 11) is 0. The number of oxazole rings is 1. The van der Waals surface area contributed by atoms with E-state index in [4.69, 9.17) is 9.52 Å². The van der Waals surface area contributed by atoms with Gasteiger partial charge in [0.25, 0.3) is 0 Å². The second kappa shape index (κ2) is 5.63. The molecule has 2 aromatic rings. The zero-order valence-electron chi connectivity index (χ0n) is 12.0. The summed E-state index contributed by atoms with van der Waals surface area (Å²) >= 11 is 0. The lowest BCUT2D eigenvalue weighted by Crippen LogP contribution is -2.29. The molecule has 1 saturated carbocycles. The van der Waals surface area contributed by atoms with Gasteiger partial charge in [-0.1, -0.05) is 30.3 Å². The Morgan fingerprint density at radius 1 is 1.32 bits per heavy atom. The Morgan fingerprint density at radius 2 is 2.05 bits per heavy atom. The first-order chi connectivity index (χ1) is 10.6. The van der Waals surface area contributed by atoms with Crippen molar-refractivity contribution in [2.45, 2.75) is 19.4 Å². The molecule has 1 aliphatic carbocycles. The zero-order chi connectivity index (χ0) is 15.7. The highest BCUT2D eigenvalue weighted by molar-refractivity contribution is 5.89. The number of carboxylic acid groups (broad SMARTS) is 1. The van der Waals surface area contributed by atoms with Gasteiger partial charge in [-0.15, -0.1) is 0 Å². The Hall–Kier alpha value is -2.63. The fraction of sp³-hybridized carbons (Fsp3) is 0.312. The highest BCUT2D eigenvalue weighted by atomic mass is 16.4. The van der Waals surface area contributed by atoms with Crippen molar-refractivity contribution in [3.8, 4) is 11.3 Å². The normalized spacial score (nSPS) is 21.1. The molecule has 3 atom stereocenters.